The minimum absolute atomic E-state index is 0.0639. The summed E-state index contributed by atoms with van der Waals surface area (Å²) in [6.45, 7) is -0.298. The summed E-state index contributed by atoms with van der Waals surface area (Å²) in [5, 5.41) is 15.1. The number of carbonyl (C=O) groups is 1. The number of nitro benzene ring substituents is 1. The number of hydrogen-bond donors (Lipinski definition) is 1. The number of non-ortho nitro benzene ring substituents is 1. The fraction of sp³-hybridized carbons (Fsp3) is 0.0667. The molecular formula is C15H11Cl2N3O4. The van der Waals surface area contributed by atoms with Crippen molar-refractivity contribution in [2.45, 2.75) is 0 Å². The average molecular weight is 368 g/mol. The Morgan fingerprint density at radius 2 is 2.08 bits per heavy atom. The molecule has 1 N–H and O–H groups in total. The molecule has 2 aromatic carbocycles. The van der Waals surface area contributed by atoms with Crippen LogP contribution in [0.1, 0.15) is 5.56 Å². The predicted molar refractivity (Wildman–Crippen MR) is 90.8 cm³/mol. The second-order valence-corrected chi connectivity index (χ2v) is 5.35. The van der Waals surface area contributed by atoms with Crippen molar-refractivity contribution in [3.05, 3.63) is 68.2 Å². The fourth-order valence-corrected chi connectivity index (χ4v) is 2.13. The van der Waals surface area contributed by atoms with Crippen molar-refractivity contribution in [3.63, 3.8) is 0 Å². The first-order chi connectivity index (χ1) is 11.5. The molecule has 0 aromatic heterocycles. The monoisotopic (exact) mass is 367 g/mol. The van der Waals surface area contributed by atoms with E-state index in [1.165, 1.54) is 30.5 Å². The maximum Gasteiger partial charge on any atom is 0.277 e. The molecule has 0 fully saturated rings. The number of hydrazone groups is 1. The summed E-state index contributed by atoms with van der Waals surface area (Å²) in [6, 6.07) is 10.5. The average Bonchev–Trinajstić information content (AvgIpc) is 2.54. The van der Waals surface area contributed by atoms with Gasteiger partial charge in [-0.1, -0.05) is 35.3 Å². The highest BCUT2D eigenvalue weighted by Gasteiger charge is 2.06. The SMILES string of the molecule is O=C(COc1ccc(Cl)cc1Cl)N/N=C\c1cccc([N+](=O)[O-])c1. The van der Waals surface area contributed by atoms with Gasteiger partial charge in [0.05, 0.1) is 16.2 Å². The zero-order valence-electron chi connectivity index (χ0n) is 12.1. The van der Waals surface area contributed by atoms with Gasteiger partial charge in [0.25, 0.3) is 11.6 Å². The number of benzene rings is 2. The van der Waals surface area contributed by atoms with E-state index in [9.17, 15) is 14.9 Å². The summed E-state index contributed by atoms with van der Waals surface area (Å²) < 4.78 is 5.24. The number of nitrogens with zero attached hydrogens (tertiary/aromatic N) is 2. The summed E-state index contributed by atoms with van der Waals surface area (Å²) in [7, 11) is 0. The molecule has 9 heteroatoms. The Hall–Kier alpha value is -2.64. The smallest absolute Gasteiger partial charge is 0.277 e. The standard InChI is InChI=1S/C15H11Cl2N3O4/c16-11-4-5-14(13(17)7-11)24-9-15(21)19-18-8-10-2-1-3-12(6-10)20(22)23/h1-8H,9H2,(H,19,21)/b18-8-. The number of nitro groups is 1. The van der Waals surface area contributed by atoms with E-state index in [0.717, 1.165) is 0 Å². The van der Waals surface area contributed by atoms with E-state index < -0.39 is 10.8 Å². The lowest BCUT2D eigenvalue weighted by Crippen LogP contribution is -2.24. The van der Waals surface area contributed by atoms with Crippen LogP contribution >= 0.6 is 23.2 Å². The van der Waals surface area contributed by atoms with Crippen molar-refractivity contribution in [1.82, 2.24) is 5.43 Å². The molecule has 0 radical (unpaired) electrons. The molecule has 0 aliphatic rings. The van der Waals surface area contributed by atoms with Crippen LogP contribution in [0.5, 0.6) is 5.75 Å². The Kier molecular flexibility index (Phi) is 6.11. The minimum Gasteiger partial charge on any atom is -0.482 e. The quantitative estimate of drug-likeness (QED) is 0.480. The van der Waals surface area contributed by atoms with Gasteiger partial charge in [-0.3, -0.25) is 14.9 Å². The van der Waals surface area contributed by atoms with E-state index in [1.807, 2.05) is 0 Å². The fourth-order valence-electron chi connectivity index (χ4n) is 1.67. The number of ether oxygens (including phenoxy) is 1. The molecule has 0 heterocycles. The highest BCUT2D eigenvalue weighted by atomic mass is 35.5. The molecule has 0 saturated heterocycles. The van der Waals surface area contributed by atoms with Crippen LogP contribution in [0.4, 0.5) is 5.69 Å². The second kappa shape index (κ2) is 8.28. The van der Waals surface area contributed by atoms with Crippen LogP contribution in [-0.2, 0) is 4.79 Å². The maximum absolute atomic E-state index is 11.6. The molecule has 2 rings (SSSR count). The first-order valence-electron chi connectivity index (χ1n) is 6.60. The van der Waals surface area contributed by atoms with E-state index in [2.05, 4.69) is 10.5 Å². The van der Waals surface area contributed by atoms with Gasteiger partial charge >= 0.3 is 0 Å². The van der Waals surface area contributed by atoms with Crippen LogP contribution < -0.4 is 10.2 Å². The third-order valence-electron chi connectivity index (χ3n) is 2.74. The third-order valence-corrected chi connectivity index (χ3v) is 3.27. The van der Waals surface area contributed by atoms with E-state index in [4.69, 9.17) is 27.9 Å². The van der Waals surface area contributed by atoms with Crippen LogP contribution in [-0.4, -0.2) is 23.7 Å². The molecule has 2 aromatic rings. The zero-order valence-corrected chi connectivity index (χ0v) is 13.6. The van der Waals surface area contributed by atoms with Crippen molar-refractivity contribution in [2.24, 2.45) is 5.10 Å². The molecule has 24 heavy (non-hydrogen) atoms. The summed E-state index contributed by atoms with van der Waals surface area (Å²) in [6.07, 6.45) is 1.29. The molecular weight excluding hydrogens is 357 g/mol. The lowest BCUT2D eigenvalue weighted by atomic mass is 10.2. The number of halogens is 2. The first-order valence-corrected chi connectivity index (χ1v) is 7.35. The molecule has 0 saturated carbocycles. The molecule has 0 spiro atoms. The zero-order chi connectivity index (χ0) is 17.5. The number of nitrogens with one attached hydrogen (secondary N) is 1. The summed E-state index contributed by atoms with van der Waals surface area (Å²) in [5.41, 5.74) is 2.66. The Labute approximate surface area is 147 Å². The van der Waals surface area contributed by atoms with Gasteiger partial charge in [0.1, 0.15) is 5.75 Å². The van der Waals surface area contributed by atoms with Gasteiger partial charge in [0.2, 0.25) is 0 Å². The summed E-state index contributed by atoms with van der Waals surface area (Å²) in [4.78, 5) is 21.8. The highest BCUT2D eigenvalue weighted by Crippen LogP contribution is 2.27. The van der Waals surface area contributed by atoms with E-state index in [1.54, 1.807) is 18.2 Å². The van der Waals surface area contributed by atoms with Crippen molar-refractivity contribution >= 4 is 41.0 Å². The Morgan fingerprint density at radius 1 is 1.29 bits per heavy atom. The Morgan fingerprint density at radius 3 is 2.79 bits per heavy atom. The molecule has 0 bridgehead atoms. The van der Waals surface area contributed by atoms with Gasteiger partial charge < -0.3 is 4.74 Å². The van der Waals surface area contributed by atoms with Gasteiger partial charge in [-0.05, 0) is 18.2 Å². The number of hydrogen-bond acceptors (Lipinski definition) is 5. The number of carbonyl (C=O) groups excluding carboxylic acids is 1. The molecule has 0 atom stereocenters. The molecule has 0 aliphatic carbocycles. The van der Waals surface area contributed by atoms with Crippen LogP contribution in [0.25, 0.3) is 0 Å². The highest BCUT2D eigenvalue weighted by molar-refractivity contribution is 6.35. The maximum atomic E-state index is 11.6. The van der Waals surface area contributed by atoms with Crippen molar-refractivity contribution in [3.8, 4) is 5.75 Å². The lowest BCUT2D eigenvalue weighted by molar-refractivity contribution is -0.384. The van der Waals surface area contributed by atoms with Crippen LogP contribution in [0.15, 0.2) is 47.6 Å². The Balaban J connectivity index is 1.86. The Bertz CT molecular complexity index is 796. The van der Waals surface area contributed by atoms with Gasteiger partial charge in [-0.25, -0.2) is 5.43 Å². The van der Waals surface area contributed by atoms with Gasteiger partial charge in [0.15, 0.2) is 6.61 Å². The van der Waals surface area contributed by atoms with Gasteiger partial charge in [-0.2, -0.15) is 5.10 Å². The van der Waals surface area contributed by atoms with Crippen LogP contribution in [0.3, 0.4) is 0 Å². The second-order valence-electron chi connectivity index (χ2n) is 4.51. The molecule has 0 aliphatic heterocycles. The number of rotatable bonds is 6. The van der Waals surface area contributed by atoms with Crippen LogP contribution in [0.2, 0.25) is 10.0 Å². The van der Waals surface area contributed by atoms with Crippen molar-refractivity contribution in [2.75, 3.05) is 6.61 Å². The van der Waals surface area contributed by atoms with Gasteiger partial charge in [0, 0.05) is 22.7 Å². The summed E-state index contributed by atoms with van der Waals surface area (Å²) >= 11 is 11.7. The molecule has 1 amide bonds. The first kappa shape index (κ1) is 17.7. The molecule has 7 nitrogen and oxygen atoms in total. The lowest BCUT2D eigenvalue weighted by Gasteiger charge is -2.06. The van der Waals surface area contributed by atoms with Gasteiger partial charge in [-0.15, -0.1) is 0 Å². The van der Waals surface area contributed by atoms with E-state index in [0.29, 0.717) is 16.3 Å². The largest absolute Gasteiger partial charge is 0.482 e. The normalized spacial score (nSPS) is 10.6. The van der Waals surface area contributed by atoms with E-state index >= 15 is 0 Å². The van der Waals surface area contributed by atoms with Crippen molar-refractivity contribution < 1.29 is 14.5 Å². The number of amides is 1. The molecule has 124 valence electrons. The minimum atomic E-state index is -0.514. The third kappa shape index (κ3) is 5.22. The summed E-state index contributed by atoms with van der Waals surface area (Å²) in [5.74, 6) is -0.193. The van der Waals surface area contributed by atoms with Crippen LogP contribution in [0, 0.1) is 10.1 Å². The molecule has 0 unspecified atom stereocenters. The predicted octanol–water partition coefficient (Wildman–Crippen LogP) is 3.43. The van der Waals surface area contributed by atoms with E-state index in [-0.39, 0.29) is 17.3 Å². The topological polar surface area (TPSA) is 93.8 Å². The van der Waals surface area contributed by atoms with Crippen molar-refractivity contribution in [1.29, 1.82) is 0 Å².